The Balaban J connectivity index is 1.56. The summed E-state index contributed by atoms with van der Waals surface area (Å²) in [6, 6.07) is 8.79. The van der Waals surface area contributed by atoms with Crippen molar-refractivity contribution < 1.29 is 0 Å². The van der Waals surface area contributed by atoms with Gasteiger partial charge in [0.2, 0.25) is 0 Å². The molecule has 1 atom stereocenters. The highest BCUT2D eigenvalue weighted by atomic mass is 14.9. The molecule has 1 aliphatic carbocycles. The van der Waals surface area contributed by atoms with Crippen molar-refractivity contribution in [2.24, 2.45) is 0 Å². The van der Waals surface area contributed by atoms with Crippen molar-refractivity contribution >= 4 is 0 Å². The van der Waals surface area contributed by atoms with Crippen LogP contribution in [0.1, 0.15) is 29.3 Å². The maximum absolute atomic E-state index is 4.49. The molecule has 1 N–H and O–H groups in total. The fourth-order valence-electron chi connectivity index (χ4n) is 2.55. The van der Waals surface area contributed by atoms with Gasteiger partial charge in [-0.15, -0.1) is 0 Å². The van der Waals surface area contributed by atoms with Crippen molar-refractivity contribution in [3.8, 4) is 0 Å². The molecule has 0 spiro atoms. The average molecular weight is 239 g/mol. The molecule has 3 rings (SSSR count). The van der Waals surface area contributed by atoms with E-state index in [0.717, 1.165) is 19.4 Å². The Morgan fingerprint density at radius 1 is 1.17 bits per heavy atom. The third kappa shape index (κ3) is 2.41. The molecule has 3 heteroatoms. The molecule has 2 heterocycles. The van der Waals surface area contributed by atoms with Crippen LogP contribution in [0.25, 0.3) is 0 Å². The van der Waals surface area contributed by atoms with Crippen LogP contribution < -0.4 is 5.32 Å². The first-order valence-electron chi connectivity index (χ1n) is 6.49. The number of hydrogen-bond donors (Lipinski definition) is 1. The Kier molecular flexibility index (Phi) is 3.33. The minimum Gasteiger partial charge on any atom is -0.308 e. The van der Waals surface area contributed by atoms with E-state index >= 15 is 0 Å². The second-order valence-corrected chi connectivity index (χ2v) is 4.70. The van der Waals surface area contributed by atoms with Crippen LogP contribution in [0.2, 0.25) is 0 Å². The van der Waals surface area contributed by atoms with Crippen LogP contribution in [0, 0.1) is 0 Å². The molecule has 1 unspecified atom stereocenters. The van der Waals surface area contributed by atoms with Gasteiger partial charge < -0.3 is 5.32 Å². The number of aromatic nitrogens is 2. The summed E-state index contributed by atoms with van der Waals surface area (Å²) < 4.78 is 0. The number of fused-ring (bicyclic) bond motifs is 1. The summed E-state index contributed by atoms with van der Waals surface area (Å²) in [7, 11) is 0. The molecular weight excluding hydrogens is 222 g/mol. The first kappa shape index (κ1) is 11.4. The van der Waals surface area contributed by atoms with Gasteiger partial charge in [-0.3, -0.25) is 9.97 Å². The lowest BCUT2D eigenvalue weighted by atomic mass is 10.1. The highest BCUT2D eigenvalue weighted by Crippen LogP contribution is 2.28. The SMILES string of the molecule is c1cnc2c(c1)CCC2NCCc1ccncc1. The van der Waals surface area contributed by atoms with Gasteiger partial charge in [0.1, 0.15) is 0 Å². The monoisotopic (exact) mass is 239 g/mol. The van der Waals surface area contributed by atoms with Crippen LogP contribution in [-0.2, 0) is 12.8 Å². The Morgan fingerprint density at radius 2 is 2.06 bits per heavy atom. The molecule has 0 bridgehead atoms. The molecule has 0 radical (unpaired) electrons. The fraction of sp³-hybridized carbons (Fsp3) is 0.333. The topological polar surface area (TPSA) is 37.8 Å². The summed E-state index contributed by atoms with van der Waals surface area (Å²) in [5.41, 5.74) is 3.97. The minimum atomic E-state index is 0.433. The Bertz CT molecular complexity index is 510. The van der Waals surface area contributed by atoms with Crippen LogP contribution >= 0.6 is 0 Å². The van der Waals surface area contributed by atoms with E-state index in [-0.39, 0.29) is 0 Å². The highest BCUT2D eigenvalue weighted by molar-refractivity contribution is 5.27. The second kappa shape index (κ2) is 5.27. The number of aryl methyl sites for hydroxylation is 1. The molecule has 0 fully saturated rings. The first-order chi connectivity index (χ1) is 8.93. The van der Waals surface area contributed by atoms with E-state index in [1.54, 1.807) is 0 Å². The molecule has 18 heavy (non-hydrogen) atoms. The second-order valence-electron chi connectivity index (χ2n) is 4.70. The van der Waals surface area contributed by atoms with Crippen LogP contribution in [0.5, 0.6) is 0 Å². The summed E-state index contributed by atoms with van der Waals surface area (Å²) >= 11 is 0. The van der Waals surface area contributed by atoms with Gasteiger partial charge in [0.15, 0.2) is 0 Å². The third-order valence-corrected chi connectivity index (χ3v) is 3.51. The molecular formula is C15H17N3. The highest BCUT2D eigenvalue weighted by Gasteiger charge is 2.22. The summed E-state index contributed by atoms with van der Waals surface area (Å²) in [5, 5.41) is 3.60. The Morgan fingerprint density at radius 3 is 2.94 bits per heavy atom. The standard InChI is InChI=1S/C15H17N3/c1-2-13-3-4-14(15(13)18-8-1)17-11-7-12-5-9-16-10-6-12/h1-2,5-6,8-10,14,17H,3-4,7,11H2. The lowest BCUT2D eigenvalue weighted by Crippen LogP contribution is -2.22. The van der Waals surface area contributed by atoms with Gasteiger partial charge >= 0.3 is 0 Å². The summed E-state index contributed by atoms with van der Waals surface area (Å²) in [6.45, 7) is 0.991. The fourth-order valence-corrected chi connectivity index (χ4v) is 2.55. The molecule has 0 aliphatic heterocycles. The van der Waals surface area contributed by atoms with Crippen LogP contribution in [0.4, 0.5) is 0 Å². The van der Waals surface area contributed by atoms with E-state index in [1.807, 2.05) is 24.7 Å². The van der Waals surface area contributed by atoms with Crippen LogP contribution in [0.3, 0.4) is 0 Å². The van der Waals surface area contributed by atoms with Crippen molar-refractivity contribution in [2.75, 3.05) is 6.54 Å². The van der Waals surface area contributed by atoms with Crippen molar-refractivity contribution in [3.05, 3.63) is 59.7 Å². The summed E-state index contributed by atoms with van der Waals surface area (Å²) in [4.78, 5) is 8.52. The van der Waals surface area contributed by atoms with Crippen molar-refractivity contribution in [3.63, 3.8) is 0 Å². The van der Waals surface area contributed by atoms with Crippen LogP contribution in [0.15, 0.2) is 42.9 Å². The van der Waals surface area contributed by atoms with E-state index in [4.69, 9.17) is 0 Å². The predicted molar refractivity (Wildman–Crippen MR) is 71.2 cm³/mol. The Hall–Kier alpha value is -1.74. The molecule has 0 saturated carbocycles. The quantitative estimate of drug-likeness (QED) is 0.889. The van der Waals surface area contributed by atoms with Gasteiger partial charge in [0.25, 0.3) is 0 Å². The van der Waals surface area contributed by atoms with Gasteiger partial charge in [-0.25, -0.2) is 0 Å². The molecule has 3 nitrogen and oxygen atoms in total. The molecule has 2 aromatic rings. The van der Waals surface area contributed by atoms with Crippen molar-refractivity contribution in [2.45, 2.75) is 25.3 Å². The van der Waals surface area contributed by atoms with Crippen molar-refractivity contribution in [1.29, 1.82) is 0 Å². The summed E-state index contributed by atoms with van der Waals surface area (Å²) in [5.74, 6) is 0. The van der Waals surface area contributed by atoms with E-state index in [2.05, 4.69) is 33.5 Å². The van der Waals surface area contributed by atoms with Gasteiger partial charge in [0.05, 0.1) is 11.7 Å². The minimum absolute atomic E-state index is 0.433. The number of hydrogen-bond acceptors (Lipinski definition) is 3. The number of rotatable bonds is 4. The van der Waals surface area contributed by atoms with E-state index < -0.39 is 0 Å². The predicted octanol–water partition coefficient (Wildman–Crippen LogP) is 2.30. The molecule has 0 aromatic carbocycles. The largest absolute Gasteiger partial charge is 0.308 e. The smallest absolute Gasteiger partial charge is 0.0605 e. The first-order valence-corrected chi connectivity index (χ1v) is 6.49. The number of nitrogens with one attached hydrogen (secondary N) is 1. The lowest BCUT2D eigenvalue weighted by molar-refractivity contribution is 0.524. The van der Waals surface area contributed by atoms with Gasteiger partial charge in [-0.2, -0.15) is 0 Å². The van der Waals surface area contributed by atoms with E-state index in [1.165, 1.54) is 23.2 Å². The summed E-state index contributed by atoms with van der Waals surface area (Å²) in [6.07, 6.45) is 8.95. The zero-order valence-electron chi connectivity index (χ0n) is 10.3. The normalized spacial score (nSPS) is 17.7. The van der Waals surface area contributed by atoms with Gasteiger partial charge in [-0.1, -0.05) is 6.07 Å². The molecule has 1 aliphatic rings. The van der Waals surface area contributed by atoms with Crippen molar-refractivity contribution in [1.82, 2.24) is 15.3 Å². The van der Waals surface area contributed by atoms with E-state index in [9.17, 15) is 0 Å². The third-order valence-electron chi connectivity index (χ3n) is 3.51. The van der Waals surface area contributed by atoms with Crippen LogP contribution in [-0.4, -0.2) is 16.5 Å². The molecule has 2 aromatic heterocycles. The maximum Gasteiger partial charge on any atom is 0.0605 e. The van der Waals surface area contributed by atoms with E-state index in [0.29, 0.717) is 6.04 Å². The lowest BCUT2D eigenvalue weighted by Gasteiger charge is -2.12. The average Bonchev–Trinajstić information content (AvgIpc) is 2.84. The van der Waals surface area contributed by atoms with Gasteiger partial charge in [0, 0.05) is 18.6 Å². The molecule has 92 valence electrons. The number of pyridine rings is 2. The molecule has 0 saturated heterocycles. The Labute approximate surface area is 107 Å². The maximum atomic E-state index is 4.49. The molecule has 0 amide bonds. The zero-order valence-corrected chi connectivity index (χ0v) is 10.3. The number of nitrogens with zero attached hydrogens (tertiary/aromatic N) is 2. The van der Waals surface area contributed by atoms with Gasteiger partial charge in [-0.05, 0) is 55.1 Å². The zero-order chi connectivity index (χ0) is 12.2.